The van der Waals surface area contributed by atoms with Gasteiger partial charge in [-0.1, -0.05) is 0 Å². The highest BCUT2D eigenvalue weighted by molar-refractivity contribution is 7.87. The Morgan fingerprint density at radius 2 is 0.713 bits per heavy atom. The molecule has 32 heteroatoms. The van der Waals surface area contributed by atoms with Gasteiger partial charge in [-0.15, -0.1) is 0 Å². The van der Waals surface area contributed by atoms with Crippen LogP contribution in [-0.4, -0.2) is 135 Å². The summed E-state index contributed by atoms with van der Waals surface area (Å²) in [6.45, 7) is 4.22. The molecule has 3 fully saturated rings. The normalized spacial score (nSPS) is 16.6. The van der Waals surface area contributed by atoms with Gasteiger partial charge in [0, 0.05) is 93.3 Å². The molecule has 9 rings (SSSR count). The Balaban J connectivity index is 1.07. The summed E-state index contributed by atoms with van der Waals surface area (Å²) in [5, 5.41) is 17.1. The van der Waals surface area contributed by atoms with Gasteiger partial charge in [-0.25, -0.2) is 59.5 Å². The van der Waals surface area contributed by atoms with E-state index in [0.29, 0.717) is 109 Å². The van der Waals surface area contributed by atoms with Crippen LogP contribution in [0.2, 0.25) is 0 Å². The average Bonchev–Trinajstić information content (AvgIpc) is 3.53. The Kier molecular flexibility index (Phi) is 18.1. The first-order chi connectivity index (χ1) is 38.2. The van der Waals surface area contributed by atoms with E-state index in [-0.39, 0.29) is 71.9 Å². The summed E-state index contributed by atoms with van der Waals surface area (Å²) in [4.78, 5) is 34.0. The Morgan fingerprint density at radius 1 is 0.450 bits per heavy atom. The number of methoxy groups -OCH3 is 3. The smallest absolute Gasteiger partial charge is 0.493 e. The molecule has 0 aliphatic carbocycles. The molecule has 0 amide bonds. The quantitative estimate of drug-likeness (QED) is 0.0473. The van der Waals surface area contributed by atoms with E-state index in [0.717, 1.165) is 38.5 Å². The van der Waals surface area contributed by atoms with Crippen molar-refractivity contribution >= 4 is 88.6 Å². The number of phosphoric acid groups is 1. The molecule has 6 aromatic rings. The number of hydrogen-bond donors (Lipinski definition) is 6. The molecule has 3 aromatic carbocycles. The van der Waals surface area contributed by atoms with Gasteiger partial charge >= 0.3 is 7.82 Å². The molecule has 3 aliphatic rings. The molecular formula is C48H66N15O13PS3. The average molecular weight is 1190 g/mol. The van der Waals surface area contributed by atoms with Gasteiger partial charge in [0.1, 0.15) is 36.4 Å². The van der Waals surface area contributed by atoms with E-state index in [2.05, 4.69) is 58.8 Å². The molecule has 3 aliphatic heterocycles. The molecule has 6 heterocycles. The van der Waals surface area contributed by atoms with E-state index in [4.69, 9.17) is 43.2 Å². The zero-order chi connectivity index (χ0) is 56.8. The van der Waals surface area contributed by atoms with Crippen LogP contribution < -0.4 is 72.1 Å². The monoisotopic (exact) mass is 1190 g/mol. The number of nitrogens with two attached hydrogens (primary N) is 3. The number of hydrogen-bond acceptors (Lipinski definition) is 22. The Hall–Kier alpha value is -6.28. The molecule has 0 saturated carbocycles. The Bertz CT molecular complexity index is 3220. The van der Waals surface area contributed by atoms with Crippen molar-refractivity contribution in [3.05, 3.63) is 55.4 Å². The number of piperidine rings is 3. The van der Waals surface area contributed by atoms with Crippen molar-refractivity contribution in [3.8, 4) is 34.5 Å². The first-order valence-corrected chi connectivity index (χ1v) is 32.0. The SMILES string of the molecule is COc1cc2ncnc(N3CCC(CCNS(N)(=O)=O)CC3)c2cc1OP(=O)(Oc1cc2c(N3CCC(CCNS(N)(=O)=O)CC3)ncnc2cc1OC)Oc1cc2c(N3CCC(CCNS(N)(=O)=O)CC3)ncnc2cc1OC. The molecule has 28 nitrogen and oxygen atoms in total. The van der Waals surface area contributed by atoms with Crippen molar-refractivity contribution in [2.45, 2.75) is 57.8 Å². The van der Waals surface area contributed by atoms with Crippen LogP contribution in [0.4, 0.5) is 17.5 Å². The van der Waals surface area contributed by atoms with Crippen molar-refractivity contribution in [3.63, 3.8) is 0 Å². The molecule has 3 aromatic heterocycles. The minimum absolute atomic E-state index is 0.0554. The number of nitrogens with zero attached hydrogens (tertiary/aromatic N) is 9. The fraction of sp³-hybridized carbons (Fsp3) is 0.500. The van der Waals surface area contributed by atoms with Gasteiger partial charge in [0.2, 0.25) is 0 Å². The van der Waals surface area contributed by atoms with Crippen molar-refractivity contribution in [2.24, 2.45) is 33.2 Å². The highest BCUT2D eigenvalue weighted by Gasteiger charge is 2.38. The van der Waals surface area contributed by atoms with Gasteiger partial charge < -0.3 is 42.5 Å². The maximum atomic E-state index is 16.1. The van der Waals surface area contributed by atoms with Crippen LogP contribution in [0.15, 0.2) is 55.4 Å². The second kappa shape index (κ2) is 24.8. The predicted octanol–water partition coefficient (Wildman–Crippen LogP) is 3.39. The molecule has 9 N–H and O–H groups in total. The molecule has 0 atom stereocenters. The summed E-state index contributed by atoms with van der Waals surface area (Å²) < 4.78 is 130. The number of anilines is 3. The zero-order valence-corrected chi connectivity index (χ0v) is 47.7. The second-order valence-corrected chi connectivity index (χ2v) is 25.4. The van der Waals surface area contributed by atoms with Crippen LogP contribution in [-0.2, 0) is 35.2 Å². The lowest BCUT2D eigenvalue weighted by Crippen LogP contribution is -2.37. The van der Waals surface area contributed by atoms with E-state index in [1.54, 1.807) is 36.4 Å². The summed E-state index contributed by atoms with van der Waals surface area (Å²) in [6.07, 6.45) is 10.6. The van der Waals surface area contributed by atoms with Gasteiger partial charge in [0.15, 0.2) is 34.5 Å². The van der Waals surface area contributed by atoms with Crippen LogP contribution >= 0.6 is 7.82 Å². The van der Waals surface area contributed by atoms with Crippen LogP contribution in [0.25, 0.3) is 32.7 Å². The summed E-state index contributed by atoms with van der Waals surface area (Å²) in [6, 6.07) is 9.73. The fourth-order valence-corrected chi connectivity index (χ4v) is 13.0. The van der Waals surface area contributed by atoms with Crippen molar-refractivity contribution < 1.29 is 57.6 Å². The van der Waals surface area contributed by atoms with Crippen LogP contribution in [0, 0.1) is 17.8 Å². The lowest BCUT2D eigenvalue weighted by atomic mass is 9.93. The molecule has 0 bridgehead atoms. The Labute approximate surface area is 464 Å². The standard InChI is InChI=1S/C48H66N15O13PS3/c1-71-40-25-37-34(46(55-28-52-37)61-16-7-31(8-17-61)4-13-58-78(49,65)66)22-43(40)74-77(64,75-44-23-35-38(26-41(44)72-2)53-29-56-47(35)62-18-9-32(10-19-62)5-14-59-79(50,67)68)76-45-24-36-39(27-42(45)73-3)54-30-57-48(36)63-20-11-33(12-21-63)6-15-60-80(51,69)70/h22-33,58-60H,4-21H2,1-3H3,(H2,49,65,66)(H2,50,67,68)(H2,51,69,70). The maximum absolute atomic E-state index is 16.1. The molecule has 0 spiro atoms. The molecular weight excluding hydrogens is 1120 g/mol. The van der Waals surface area contributed by atoms with Gasteiger partial charge in [-0.3, -0.25) is 0 Å². The number of fused-ring (bicyclic) bond motifs is 3. The zero-order valence-electron chi connectivity index (χ0n) is 44.4. The molecule has 434 valence electrons. The molecule has 80 heavy (non-hydrogen) atoms. The summed E-state index contributed by atoms with van der Waals surface area (Å²) >= 11 is 0. The first kappa shape index (κ1) is 58.4. The summed E-state index contributed by atoms with van der Waals surface area (Å²) in [5.41, 5.74) is 1.49. The van der Waals surface area contributed by atoms with E-state index in [1.165, 1.54) is 40.3 Å². The minimum Gasteiger partial charge on any atom is -0.493 e. The maximum Gasteiger partial charge on any atom is 0.647 e. The fourth-order valence-electron chi connectivity index (χ4n) is 10.5. The highest BCUT2D eigenvalue weighted by Crippen LogP contribution is 2.56. The van der Waals surface area contributed by atoms with E-state index >= 15 is 4.57 Å². The lowest BCUT2D eigenvalue weighted by Gasteiger charge is -2.33. The third-order valence-corrected chi connectivity index (χ3v) is 17.7. The number of rotatable bonds is 24. The van der Waals surface area contributed by atoms with Crippen LogP contribution in [0.1, 0.15) is 57.8 Å². The van der Waals surface area contributed by atoms with Gasteiger partial charge in [-0.05, 0) is 93.7 Å². The number of ether oxygens (including phenoxy) is 3. The third-order valence-electron chi connectivity index (χ3n) is 14.6. The van der Waals surface area contributed by atoms with Gasteiger partial charge in [0.05, 0.1) is 37.9 Å². The number of benzene rings is 3. The van der Waals surface area contributed by atoms with Gasteiger partial charge in [0.25, 0.3) is 30.6 Å². The third kappa shape index (κ3) is 14.8. The number of phosphoric ester groups is 1. The largest absolute Gasteiger partial charge is 0.647 e. The van der Waals surface area contributed by atoms with Crippen LogP contribution in [0.5, 0.6) is 34.5 Å². The molecule has 0 radical (unpaired) electrons. The van der Waals surface area contributed by atoms with Crippen molar-refractivity contribution in [2.75, 3.05) is 94.9 Å². The van der Waals surface area contributed by atoms with Gasteiger partial charge in [-0.2, -0.15) is 29.8 Å². The molecule has 0 unspecified atom stereocenters. The molecule has 3 saturated heterocycles. The number of nitrogens with one attached hydrogen (secondary N) is 3. The van der Waals surface area contributed by atoms with Crippen molar-refractivity contribution in [1.29, 1.82) is 0 Å². The van der Waals surface area contributed by atoms with Crippen LogP contribution in [0.3, 0.4) is 0 Å². The van der Waals surface area contributed by atoms with E-state index < -0.39 is 38.5 Å². The highest BCUT2D eigenvalue weighted by atomic mass is 32.2. The van der Waals surface area contributed by atoms with E-state index in [1.807, 2.05) is 0 Å². The second-order valence-electron chi connectivity index (χ2n) is 19.8. The topological polar surface area (TPSA) is 376 Å². The summed E-state index contributed by atoms with van der Waals surface area (Å²) in [5.74, 6) is 2.63. The first-order valence-electron chi connectivity index (χ1n) is 25.9. The number of aromatic nitrogens is 6. The summed E-state index contributed by atoms with van der Waals surface area (Å²) in [7, 11) is -12.2. The lowest BCUT2D eigenvalue weighted by molar-refractivity contribution is 0.279. The minimum atomic E-state index is -5.05. The predicted molar refractivity (Wildman–Crippen MR) is 300 cm³/mol. The van der Waals surface area contributed by atoms with E-state index in [9.17, 15) is 25.3 Å². The van der Waals surface area contributed by atoms with Crippen molar-refractivity contribution in [1.82, 2.24) is 44.1 Å². The Morgan fingerprint density at radius 3 is 0.950 bits per heavy atom.